The highest BCUT2D eigenvalue weighted by Crippen LogP contribution is 2.33. The fourth-order valence-corrected chi connectivity index (χ4v) is 3.23. The Kier molecular flexibility index (Phi) is 3.61. The topological polar surface area (TPSA) is 26.0 Å². The van der Waals surface area contributed by atoms with Crippen molar-refractivity contribution in [2.24, 2.45) is 5.73 Å². The summed E-state index contributed by atoms with van der Waals surface area (Å²) in [7, 11) is 0. The molecule has 0 saturated carbocycles. The van der Waals surface area contributed by atoms with Gasteiger partial charge in [0.15, 0.2) is 0 Å². The smallest absolute Gasteiger partial charge is 0.131 e. The molecule has 2 rings (SSSR count). The number of aryl methyl sites for hydroxylation is 1. The highest BCUT2D eigenvalue weighted by molar-refractivity contribution is 9.10. The minimum absolute atomic E-state index is 0.312. The Bertz CT molecular complexity index is 553. The molecular weight excluding hydrogens is 308 g/mol. The molecule has 90 valence electrons. The standard InChI is InChI=1S/C12H10BrF2NS/c1-6-4-7(10(15)5-9(6)14)11(16)12-8(13)2-3-17-12/h2-5,11H,16H2,1H3. The Morgan fingerprint density at radius 1 is 1.29 bits per heavy atom. The summed E-state index contributed by atoms with van der Waals surface area (Å²) >= 11 is 4.79. The molecule has 0 fully saturated rings. The van der Waals surface area contributed by atoms with Gasteiger partial charge < -0.3 is 5.73 Å². The fourth-order valence-electron chi connectivity index (χ4n) is 1.59. The number of hydrogen-bond acceptors (Lipinski definition) is 2. The number of benzene rings is 1. The highest BCUT2D eigenvalue weighted by Gasteiger charge is 2.18. The molecule has 1 unspecified atom stereocenters. The van der Waals surface area contributed by atoms with E-state index in [9.17, 15) is 8.78 Å². The van der Waals surface area contributed by atoms with Gasteiger partial charge in [0.2, 0.25) is 0 Å². The second kappa shape index (κ2) is 4.84. The van der Waals surface area contributed by atoms with Gasteiger partial charge in [0, 0.05) is 21.0 Å². The zero-order valence-corrected chi connectivity index (χ0v) is 11.4. The van der Waals surface area contributed by atoms with Crippen molar-refractivity contribution in [2.75, 3.05) is 0 Å². The van der Waals surface area contributed by atoms with Gasteiger partial charge in [-0.3, -0.25) is 0 Å². The molecule has 1 heterocycles. The van der Waals surface area contributed by atoms with Crippen molar-refractivity contribution in [2.45, 2.75) is 13.0 Å². The monoisotopic (exact) mass is 317 g/mol. The lowest BCUT2D eigenvalue weighted by Crippen LogP contribution is -2.13. The minimum atomic E-state index is -0.610. The van der Waals surface area contributed by atoms with Gasteiger partial charge in [0.25, 0.3) is 0 Å². The Labute approximate surface area is 110 Å². The molecule has 0 saturated heterocycles. The van der Waals surface area contributed by atoms with Crippen molar-refractivity contribution in [1.82, 2.24) is 0 Å². The normalized spacial score (nSPS) is 12.8. The lowest BCUT2D eigenvalue weighted by molar-refractivity contribution is 0.561. The lowest BCUT2D eigenvalue weighted by atomic mass is 10.0. The van der Waals surface area contributed by atoms with Crippen LogP contribution in [0, 0.1) is 18.6 Å². The molecule has 2 aromatic rings. The number of thiophene rings is 1. The molecule has 0 aliphatic rings. The summed E-state index contributed by atoms with van der Waals surface area (Å²) < 4.78 is 27.7. The summed E-state index contributed by atoms with van der Waals surface area (Å²) in [4.78, 5) is 0.829. The predicted octanol–water partition coefficient (Wildman–Crippen LogP) is 4.15. The maximum atomic E-state index is 13.7. The van der Waals surface area contributed by atoms with Crippen LogP contribution in [-0.2, 0) is 0 Å². The van der Waals surface area contributed by atoms with E-state index in [0.29, 0.717) is 11.1 Å². The molecule has 1 aromatic heterocycles. The van der Waals surface area contributed by atoms with Gasteiger partial charge >= 0.3 is 0 Å². The van der Waals surface area contributed by atoms with E-state index in [1.165, 1.54) is 17.4 Å². The van der Waals surface area contributed by atoms with Crippen molar-refractivity contribution in [3.8, 4) is 0 Å². The molecule has 0 amide bonds. The molecule has 0 spiro atoms. The summed E-state index contributed by atoms with van der Waals surface area (Å²) in [5.74, 6) is -1.16. The van der Waals surface area contributed by atoms with Crippen LogP contribution in [0.2, 0.25) is 0 Å². The van der Waals surface area contributed by atoms with Gasteiger partial charge in [-0.15, -0.1) is 11.3 Å². The van der Waals surface area contributed by atoms with Crippen LogP contribution in [0.15, 0.2) is 28.1 Å². The average Bonchev–Trinajstić information content (AvgIpc) is 2.69. The lowest BCUT2D eigenvalue weighted by Gasteiger charge is -2.13. The minimum Gasteiger partial charge on any atom is -0.319 e. The van der Waals surface area contributed by atoms with Gasteiger partial charge in [-0.1, -0.05) is 0 Å². The Hall–Kier alpha value is -0.780. The predicted molar refractivity (Wildman–Crippen MR) is 69.1 cm³/mol. The summed E-state index contributed by atoms with van der Waals surface area (Å²) in [6, 6.07) is 3.62. The van der Waals surface area contributed by atoms with Gasteiger partial charge in [0.05, 0.1) is 6.04 Å². The fraction of sp³-hybridized carbons (Fsp3) is 0.167. The first-order valence-electron chi connectivity index (χ1n) is 4.94. The molecule has 2 N–H and O–H groups in total. The SMILES string of the molecule is Cc1cc(C(N)c2sccc2Br)c(F)cc1F. The van der Waals surface area contributed by atoms with Gasteiger partial charge in [-0.05, 0) is 45.9 Å². The van der Waals surface area contributed by atoms with Crippen molar-refractivity contribution >= 4 is 27.3 Å². The summed E-state index contributed by atoms with van der Waals surface area (Å²) in [5, 5.41) is 1.87. The van der Waals surface area contributed by atoms with Crippen LogP contribution in [-0.4, -0.2) is 0 Å². The first kappa shape index (κ1) is 12.7. The number of nitrogens with two attached hydrogens (primary N) is 1. The number of hydrogen-bond donors (Lipinski definition) is 1. The molecule has 0 aliphatic heterocycles. The maximum absolute atomic E-state index is 13.7. The molecule has 1 atom stereocenters. The Morgan fingerprint density at radius 3 is 2.59 bits per heavy atom. The Balaban J connectivity index is 2.48. The van der Waals surface area contributed by atoms with Gasteiger partial charge in [0.1, 0.15) is 11.6 Å². The van der Waals surface area contributed by atoms with Crippen LogP contribution in [0.25, 0.3) is 0 Å². The molecule has 0 aliphatic carbocycles. The van der Waals surface area contributed by atoms with Crippen LogP contribution >= 0.6 is 27.3 Å². The van der Waals surface area contributed by atoms with Crippen LogP contribution in [0.1, 0.15) is 22.0 Å². The summed E-state index contributed by atoms with van der Waals surface area (Å²) in [6.07, 6.45) is 0. The van der Waals surface area contributed by atoms with Crippen molar-refractivity contribution in [3.63, 3.8) is 0 Å². The van der Waals surface area contributed by atoms with Crippen LogP contribution in [0.5, 0.6) is 0 Å². The Morgan fingerprint density at radius 2 is 2.00 bits per heavy atom. The van der Waals surface area contributed by atoms with Gasteiger partial charge in [-0.2, -0.15) is 0 Å². The second-order valence-electron chi connectivity index (χ2n) is 3.73. The molecule has 5 heteroatoms. The molecule has 1 nitrogen and oxygen atoms in total. The maximum Gasteiger partial charge on any atom is 0.131 e. The van der Waals surface area contributed by atoms with Crippen molar-refractivity contribution in [3.05, 3.63) is 55.7 Å². The van der Waals surface area contributed by atoms with E-state index < -0.39 is 17.7 Å². The average molecular weight is 318 g/mol. The molecular formula is C12H10BrF2NS. The van der Waals surface area contributed by atoms with Crippen LogP contribution < -0.4 is 5.73 Å². The van der Waals surface area contributed by atoms with E-state index in [1.54, 1.807) is 6.92 Å². The van der Waals surface area contributed by atoms with Crippen molar-refractivity contribution < 1.29 is 8.78 Å². The van der Waals surface area contributed by atoms with Gasteiger partial charge in [-0.25, -0.2) is 8.78 Å². The zero-order chi connectivity index (χ0) is 12.6. The van der Waals surface area contributed by atoms with Crippen LogP contribution in [0.4, 0.5) is 8.78 Å². The third-order valence-electron chi connectivity index (χ3n) is 2.54. The molecule has 1 aromatic carbocycles. The van der Waals surface area contributed by atoms with Crippen LogP contribution in [0.3, 0.4) is 0 Å². The first-order valence-corrected chi connectivity index (χ1v) is 6.62. The third kappa shape index (κ3) is 2.41. The van der Waals surface area contributed by atoms with E-state index in [1.807, 2.05) is 11.4 Å². The second-order valence-corrected chi connectivity index (χ2v) is 5.54. The third-order valence-corrected chi connectivity index (χ3v) is 4.49. The molecule has 0 radical (unpaired) electrons. The number of halogens is 3. The van der Waals surface area contributed by atoms with Crippen molar-refractivity contribution in [1.29, 1.82) is 0 Å². The molecule has 0 bridgehead atoms. The van der Waals surface area contributed by atoms with E-state index in [-0.39, 0.29) is 0 Å². The van der Waals surface area contributed by atoms with E-state index in [0.717, 1.165) is 15.4 Å². The summed E-state index contributed by atoms with van der Waals surface area (Å²) in [5.41, 5.74) is 6.70. The quantitative estimate of drug-likeness (QED) is 0.884. The van der Waals surface area contributed by atoms with E-state index in [2.05, 4.69) is 15.9 Å². The zero-order valence-electron chi connectivity index (χ0n) is 9.01. The summed E-state index contributed by atoms with van der Waals surface area (Å²) in [6.45, 7) is 1.59. The number of rotatable bonds is 2. The van der Waals surface area contributed by atoms with E-state index >= 15 is 0 Å². The molecule has 17 heavy (non-hydrogen) atoms. The van der Waals surface area contributed by atoms with E-state index in [4.69, 9.17) is 5.73 Å². The first-order chi connectivity index (χ1) is 8.00. The largest absolute Gasteiger partial charge is 0.319 e. The highest BCUT2D eigenvalue weighted by atomic mass is 79.9.